The molecule has 1 heterocycles. The molecule has 0 radical (unpaired) electrons. The topological polar surface area (TPSA) is 45.6 Å². The number of carbonyl (C=O) groups excluding carboxylic acids is 1. The zero-order valence-corrected chi connectivity index (χ0v) is 16.6. The molecular weight excluding hydrogens is 390 g/mol. The van der Waals surface area contributed by atoms with Crippen LogP contribution in [0.5, 0.6) is 0 Å². The first kappa shape index (κ1) is 18.3. The Balaban J connectivity index is 1.76. The predicted molar refractivity (Wildman–Crippen MR) is 117 cm³/mol. The van der Waals surface area contributed by atoms with Crippen molar-refractivity contribution in [3.05, 3.63) is 94.5 Å². The number of aromatic nitrogens is 1. The third-order valence-electron chi connectivity index (χ3n) is 4.12. The Morgan fingerprint density at radius 3 is 2.57 bits per heavy atom. The van der Waals surface area contributed by atoms with E-state index < -0.39 is 0 Å². The van der Waals surface area contributed by atoms with Gasteiger partial charge in [0, 0.05) is 10.6 Å². The highest BCUT2D eigenvalue weighted by atomic mass is 35.5. The molecule has 1 aromatic heterocycles. The minimum atomic E-state index is -0.264. The Labute approximate surface area is 171 Å². The molecule has 0 aliphatic rings. The van der Waals surface area contributed by atoms with Crippen molar-refractivity contribution in [2.75, 3.05) is 5.01 Å². The van der Waals surface area contributed by atoms with Gasteiger partial charge in [0.2, 0.25) is 5.13 Å². The van der Waals surface area contributed by atoms with Gasteiger partial charge in [-0.05, 0) is 54.4 Å². The zero-order valence-electron chi connectivity index (χ0n) is 15.0. The highest BCUT2D eigenvalue weighted by Gasteiger charge is 2.21. The highest BCUT2D eigenvalue weighted by Crippen LogP contribution is 2.30. The smallest absolute Gasteiger partial charge is 0.267 e. The first-order chi connectivity index (χ1) is 13.6. The quantitative estimate of drug-likeness (QED) is 0.311. The monoisotopic (exact) mass is 405 g/mol. The molecule has 0 fully saturated rings. The normalized spacial score (nSPS) is 11.2. The second kappa shape index (κ2) is 7.92. The lowest BCUT2D eigenvalue weighted by Gasteiger charge is -2.13. The third-order valence-corrected chi connectivity index (χ3v) is 5.36. The van der Waals surface area contributed by atoms with E-state index in [1.807, 2.05) is 49.4 Å². The Morgan fingerprint density at radius 2 is 1.82 bits per heavy atom. The van der Waals surface area contributed by atoms with Gasteiger partial charge in [-0.2, -0.15) is 10.1 Å². The summed E-state index contributed by atoms with van der Waals surface area (Å²) in [6.45, 7) is 2.03. The van der Waals surface area contributed by atoms with Crippen molar-refractivity contribution in [1.29, 1.82) is 0 Å². The number of hydrogen-bond acceptors (Lipinski definition) is 4. The average Bonchev–Trinajstić information content (AvgIpc) is 3.12. The molecule has 0 aliphatic heterocycles. The maximum atomic E-state index is 13.2. The van der Waals surface area contributed by atoms with E-state index in [0.29, 0.717) is 15.7 Å². The van der Waals surface area contributed by atoms with Crippen molar-refractivity contribution in [2.45, 2.75) is 6.92 Å². The van der Waals surface area contributed by atoms with Gasteiger partial charge in [0.15, 0.2) is 0 Å². The van der Waals surface area contributed by atoms with Crippen LogP contribution in [-0.4, -0.2) is 17.1 Å². The number of hydrazone groups is 1. The molecule has 0 bridgehead atoms. The highest BCUT2D eigenvalue weighted by molar-refractivity contribution is 7.22. The molecule has 4 aromatic rings. The van der Waals surface area contributed by atoms with Crippen LogP contribution in [0.15, 0.2) is 77.9 Å². The number of fused-ring (bicyclic) bond motifs is 1. The number of nitrogens with zero attached hydrogens (tertiary/aromatic N) is 3. The third kappa shape index (κ3) is 3.96. The first-order valence-corrected chi connectivity index (χ1v) is 9.86. The van der Waals surface area contributed by atoms with Crippen LogP contribution in [0.4, 0.5) is 5.13 Å². The zero-order chi connectivity index (χ0) is 19.5. The summed E-state index contributed by atoms with van der Waals surface area (Å²) in [6.07, 6.45) is 1.66. The molecule has 0 aliphatic carbocycles. The number of rotatable bonds is 4. The molecule has 28 heavy (non-hydrogen) atoms. The Hall–Kier alpha value is -3.02. The van der Waals surface area contributed by atoms with Gasteiger partial charge in [-0.15, -0.1) is 0 Å². The number of halogens is 1. The summed E-state index contributed by atoms with van der Waals surface area (Å²) >= 11 is 7.39. The fraction of sp³-hybridized carbons (Fsp3) is 0.0455. The average molecular weight is 406 g/mol. The van der Waals surface area contributed by atoms with Gasteiger partial charge in [-0.25, -0.2) is 4.98 Å². The van der Waals surface area contributed by atoms with Crippen LogP contribution in [-0.2, 0) is 0 Å². The van der Waals surface area contributed by atoms with Crippen LogP contribution < -0.4 is 5.01 Å². The summed E-state index contributed by atoms with van der Waals surface area (Å²) in [5, 5.41) is 6.89. The molecule has 0 N–H and O–H groups in total. The number of hydrogen-bond donors (Lipinski definition) is 0. The van der Waals surface area contributed by atoms with Gasteiger partial charge in [0.25, 0.3) is 5.91 Å². The molecule has 3 aromatic carbocycles. The number of anilines is 1. The summed E-state index contributed by atoms with van der Waals surface area (Å²) in [7, 11) is 0. The Morgan fingerprint density at radius 1 is 1.07 bits per heavy atom. The number of benzene rings is 3. The van der Waals surface area contributed by atoms with Gasteiger partial charge >= 0.3 is 0 Å². The molecule has 4 rings (SSSR count). The fourth-order valence-corrected chi connectivity index (χ4v) is 3.82. The molecule has 0 atom stereocenters. The second-order valence-electron chi connectivity index (χ2n) is 6.25. The van der Waals surface area contributed by atoms with Crippen LogP contribution in [0.25, 0.3) is 10.2 Å². The van der Waals surface area contributed by atoms with Crippen molar-refractivity contribution in [3.8, 4) is 0 Å². The molecule has 0 unspecified atom stereocenters. The molecule has 138 valence electrons. The van der Waals surface area contributed by atoms with Crippen molar-refractivity contribution in [1.82, 2.24) is 4.98 Å². The van der Waals surface area contributed by atoms with Crippen molar-refractivity contribution >= 4 is 50.4 Å². The Kier molecular flexibility index (Phi) is 5.19. The summed E-state index contributed by atoms with van der Waals surface area (Å²) < 4.78 is 1.01. The molecule has 0 saturated heterocycles. The number of thiazole rings is 1. The van der Waals surface area contributed by atoms with Crippen LogP contribution in [0.1, 0.15) is 21.5 Å². The molecule has 0 saturated carbocycles. The summed E-state index contributed by atoms with van der Waals surface area (Å²) in [6, 6.07) is 22.4. The van der Waals surface area contributed by atoms with Crippen LogP contribution in [0.3, 0.4) is 0 Å². The lowest BCUT2D eigenvalue weighted by atomic mass is 10.2. The van der Waals surface area contributed by atoms with Gasteiger partial charge in [0.05, 0.1) is 16.4 Å². The number of amides is 1. The molecular formula is C22H16ClN3OS. The molecule has 4 nitrogen and oxygen atoms in total. The van der Waals surface area contributed by atoms with Crippen molar-refractivity contribution < 1.29 is 4.79 Å². The summed E-state index contributed by atoms with van der Waals surface area (Å²) in [5.74, 6) is -0.264. The van der Waals surface area contributed by atoms with Gasteiger partial charge < -0.3 is 0 Å². The van der Waals surface area contributed by atoms with Crippen molar-refractivity contribution in [2.24, 2.45) is 5.10 Å². The minimum absolute atomic E-state index is 0.264. The van der Waals surface area contributed by atoms with E-state index in [2.05, 4.69) is 16.2 Å². The number of aryl methyl sites for hydroxylation is 1. The second-order valence-corrected chi connectivity index (χ2v) is 7.69. The molecule has 1 amide bonds. The van der Waals surface area contributed by atoms with E-state index in [1.165, 1.54) is 16.3 Å². The van der Waals surface area contributed by atoms with Gasteiger partial charge in [-0.3, -0.25) is 4.79 Å². The maximum Gasteiger partial charge on any atom is 0.280 e. The lowest BCUT2D eigenvalue weighted by molar-refractivity contribution is 0.0988. The first-order valence-electron chi connectivity index (χ1n) is 8.66. The van der Waals surface area contributed by atoms with Gasteiger partial charge in [-0.1, -0.05) is 59.3 Å². The minimum Gasteiger partial charge on any atom is -0.267 e. The van der Waals surface area contributed by atoms with Crippen LogP contribution in [0.2, 0.25) is 5.02 Å². The van der Waals surface area contributed by atoms with E-state index in [1.54, 1.807) is 30.5 Å². The van der Waals surface area contributed by atoms with E-state index in [4.69, 9.17) is 11.6 Å². The summed E-state index contributed by atoms with van der Waals surface area (Å²) in [5.41, 5.74) is 3.37. The summed E-state index contributed by atoms with van der Waals surface area (Å²) in [4.78, 5) is 17.8. The van der Waals surface area contributed by atoms with Crippen LogP contribution in [0, 0.1) is 6.92 Å². The lowest BCUT2D eigenvalue weighted by Crippen LogP contribution is -2.25. The van der Waals surface area contributed by atoms with E-state index in [-0.39, 0.29) is 5.91 Å². The molecule has 0 spiro atoms. The number of carbonyl (C=O) groups is 1. The van der Waals surface area contributed by atoms with E-state index in [9.17, 15) is 4.79 Å². The fourth-order valence-electron chi connectivity index (χ4n) is 2.68. The molecule has 6 heteroatoms. The van der Waals surface area contributed by atoms with Gasteiger partial charge in [0.1, 0.15) is 0 Å². The van der Waals surface area contributed by atoms with E-state index >= 15 is 0 Å². The Bertz CT molecular complexity index is 1150. The maximum absolute atomic E-state index is 13.2. The predicted octanol–water partition coefficient (Wildman–Crippen LogP) is 5.94. The van der Waals surface area contributed by atoms with E-state index in [0.717, 1.165) is 21.3 Å². The standard InChI is InChI=1S/C22H16ClN3OS/c1-15-7-12-19-20(13-15)28-22(25-19)26(24-14-16-5-3-2-4-6-16)21(27)17-8-10-18(23)11-9-17/h2-14H,1H3/b24-14+. The SMILES string of the molecule is Cc1ccc2nc(N(/N=C/c3ccccc3)C(=O)c3ccc(Cl)cc3)sc2c1. The van der Waals surface area contributed by atoms with Crippen LogP contribution >= 0.6 is 22.9 Å². The largest absolute Gasteiger partial charge is 0.280 e. The van der Waals surface area contributed by atoms with Crippen molar-refractivity contribution in [3.63, 3.8) is 0 Å².